The van der Waals surface area contributed by atoms with Gasteiger partial charge in [-0.05, 0) is 44.5 Å². The molecule has 0 fully saturated rings. The third-order valence-corrected chi connectivity index (χ3v) is 5.14. The molecule has 0 aliphatic carbocycles. The Kier molecular flexibility index (Phi) is 8.11. The molecule has 1 aromatic carbocycles. The molecule has 33 heavy (non-hydrogen) atoms. The van der Waals surface area contributed by atoms with Crippen molar-refractivity contribution in [1.82, 2.24) is 5.06 Å². The van der Waals surface area contributed by atoms with Gasteiger partial charge in [0.1, 0.15) is 5.75 Å². The predicted octanol–water partition coefficient (Wildman–Crippen LogP) is 1.21. The van der Waals surface area contributed by atoms with Crippen LogP contribution < -0.4 is 4.74 Å². The number of aryl methyl sites for hydroxylation is 1. The third kappa shape index (κ3) is 5.84. The number of hydroxylamine groups is 2. The number of nitro groups is 1. The fraction of sp³-hybridized carbons (Fsp3) is 0.421. The highest BCUT2D eigenvalue weighted by Crippen LogP contribution is 2.30. The molecule has 0 aromatic heterocycles. The summed E-state index contributed by atoms with van der Waals surface area (Å²) in [5.74, 6) is -2.70. The summed E-state index contributed by atoms with van der Waals surface area (Å²) < 4.78 is 40.1. The van der Waals surface area contributed by atoms with Crippen molar-refractivity contribution in [2.45, 2.75) is 26.3 Å². The Bertz CT molecular complexity index is 1130. The van der Waals surface area contributed by atoms with Gasteiger partial charge in [-0.3, -0.25) is 15.0 Å². The number of aliphatic imine (C=N–C) groups is 1. The topological polar surface area (TPSA) is 164 Å². The van der Waals surface area contributed by atoms with Crippen molar-refractivity contribution in [2.24, 2.45) is 4.99 Å². The number of carbonyl (C=O) groups is 2. The van der Waals surface area contributed by atoms with Crippen LogP contribution in [0.3, 0.4) is 0 Å². The number of ether oxygens (including phenoxy) is 3. The second kappa shape index (κ2) is 10.4. The number of nitrogens with zero attached hydrogens (tertiary/aromatic N) is 3. The van der Waals surface area contributed by atoms with Crippen LogP contribution >= 0.6 is 0 Å². The van der Waals surface area contributed by atoms with Gasteiger partial charge in [-0.15, -0.1) is 0 Å². The summed E-state index contributed by atoms with van der Waals surface area (Å²) >= 11 is 0. The Hall–Kier alpha value is -3.52. The standard InChI is InChI=1S/C19H23N3O10S/c1-6-30-17(23)12-8-11(3)9-13(10-12)32-16-15(22(25)26)14(18(24)31-7-2)20-19(21(16)29-4)33(5,27)28/h8-10,19H,6-7H2,1-5H3. The van der Waals surface area contributed by atoms with Crippen LogP contribution in [-0.4, -0.2) is 68.1 Å². The predicted molar refractivity (Wildman–Crippen MR) is 113 cm³/mol. The van der Waals surface area contributed by atoms with Crippen LogP contribution in [0.4, 0.5) is 0 Å². The van der Waals surface area contributed by atoms with E-state index in [1.807, 2.05) is 0 Å². The van der Waals surface area contributed by atoms with E-state index in [2.05, 4.69) is 4.99 Å². The molecule has 0 radical (unpaired) electrons. The molecule has 0 N–H and O–H groups in total. The Morgan fingerprint density at radius 1 is 1.15 bits per heavy atom. The van der Waals surface area contributed by atoms with Gasteiger partial charge in [0.2, 0.25) is 5.71 Å². The number of hydrogen-bond donors (Lipinski definition) is 0. The maximum atomic E-state index is 12.4. The molecule has 0 bridgehead atoms. The lowest BCUT2D eigenvalue weighted by Crippen LogP contribution is -2.47. The van der Waals surface area contributed by atoms with Crippen molar-refractivity contribution in [2.75, 3.05) is 26.6 Å². The number of sulfone groups is 1. The van der Waals surface area contributed by atoms with Crippen LogP contribution in [0.15, 0.2) is 34.8 Å². The maximum Gasteiger partial charge on any atom is 0.364 e. The van der Waals surface area contributed by atoms with Crippen molar-refractivity contribution in [3.8, 4) is 5.75 Å². The van der Waals surface area contributed by atoms with Gasteiger partial charge in [0, 0.05) is 6.26 Å². The van der Waals surface area contributed by atoms with Gasteiger partial charge in [-0.2, -0.15) is 5.06 Å². The van der Waals surface area contributed by atoms with E-state index >= 15 is 0 Å². The molecule has 1 heterocycles. The average molecular weight is 485 g/mol. The van der Waals surface area contributed by atoms with Gasteiger partial charge >= 0.3 is 23.5 Å². The van der Waals surface area contributed by atoms with E-state index in [-0.39, 0.29) is 24.5 Å². The van der Waals surface area contributed by atoms with E-state index in [0.717, 1.165) is 13.4 Å². The Balaban J connectivity index is 2.72. The van der Waals surface area contributed by atoms with Crippen LogP contribution in [0, 0.1) is 17.0 Å². The Morgan fingerprint density at radius 2 is 1.76 bits per heavy atom. The van der Waals surface area contributed by atoms with Gasteiger partial charge in [0.15, 0.2) is 9.84 Å². The van der Waals surface area contributed by atoms with Crippen LogP contribution in [0.1, 0.15) is 29.8 Å². The summed E-state index contributed by atoms with van der Waals surface area (Å²) in [6.45, 7) is 4.70. The molecule has 0 spiro atoms. The number of benzene rings is 1. The van der Waals surface area contributed by atoms with Crippen LogP contribution in [0.5, 0.6) is 5.75 Å². The summed E-state index contributed by atoms with van der Waals surface area (Å²) in [6.07, 6.45) is 0.802. The van der Waals surface area contributed by atoms with Crippen molar-refractivity contribution in [3.63, 3.8) is 0 Å². The minimum absolute atomic E-state index is 0.0770. The monoisotopic (exact) mass is 485 g/mol. The molecule has 1 aromatic rings. The first-order valence-corrected chi connectivity index (χ1v) is 11.5. The molecule has 1 unspecified atom stereocenters. The molecule has 1 atom stereocenters. The summed E-state index contributed by atoms with van der Waals surface area (Å²) in [5.41, 5.74) is -3.09. The summed E-state index contributed by atoms with van der Waals surface area (Å²) in [4.78, 5) is 44.2. The number of hydrogen-bond acceptors (Lipinski definition) is 12. The lowest BCUT2D eigenvalue weighted by molar-refractivity contribution is -0.421. The van der Waals surface area contributed by atoms with E-state index < -0.39 is 49.5 Å². The molecule has 0 saturated heterocycles. The third-order valence-electron chi connectivity index (χ3n) is 4.07. The lowest BCUT2D eigenvalue weighted by atomic mass is 10.1. The van der Waals surface area contributed by atoms with Gasteiger partial charge in [0.05, 0.1) is 30.8 Å². The zero-order valence-corrected chi connectivity index (χ0v) is 19.4. The summed E-state index contributed by atoms with van der Waals surface area (Å²) in [5, 5.41) is 12.4. The zero-order valence-electron chi connectivity index (χ0n) is 18.6. The van der Waals surface area contributed by atoms with Gasteiger partial charge in [-0.1, -0.05) is 0 Å². The Labute approximate surface area is 189 Å². The number of esters is 2. The van der Waals surface area contributed by atoms with E-state index in [1.165, 1.54) is 25.1 Å². The minimum atomic E-state index is -4.09. The molecule has 2 rings (SSSR count). The van der Waals surface area contributed by atoms with Crippen LogP contribution in [0.25, 0.3) is 0 Å². The average Bonchev–Trinajstić information content (AvgIpc) is 2.71. The maximum absolute atomic E-state index is 12.4. The first-order valence-electron chi connectivity index (χ1n) is 9.57. The van der Waals surface area contributed by atoms with Crippen LogP contribution in [-0.2, 0) is 28.9 Å². The van der Waals surface area contributed by atoms with Crippen molar-refractivity contribution >= 4 is 27.5 Å². The lowest BCUT2D eigenvalue weighted by Gasteiger charge is -2.31. The number of rotatable bonds is 9. The van der Waals surface area contributed by atoms with E-state index in [1.54, 1.807) is 13.8 Å². The largest absolute Gasteiger partial charge is 0.462 e. The van der Waals surface area contributed by atoms with Crippen molar-refractivity contribution < 1.29 is 42.0 Å². The van der Waals surface area contributed by atoms with Gasteiger partial charge in [-0.25, -0.2) is 23.0 Å². The zero-order chi connectivity index (χ0) is 24.9. The fourth-order valence-corrected chi connectivity index (χ4v) is 3.66. The first-order chi connectivity index (χ1) is 15.4. The molecule has 13 nitrogen and oxygen atoms in total. The SMILES string of the molecule is CCOC(=O)C1=NC(S(C)(=O)=O)N(OC)C(Oc2cc(C)cc(C(=O)OCC)c2)=C1[N+](=O)[O-]. The van der Waals surface area contributed by atoms with Crippen LogP contribution in [0.2, 0.25) is 0 Å². The first kappa shape index (κ1) is 25.7. The molecule has 1 aliphatic heterocycles. The molecule has 1 aliphatic rings. The normalized spacial score (nSPS) is 16.2. The fourth-order valence-electron chi connectivity index (χ4n) is 2.83. The van der Waals surface area contributed by atoms with Gasteiger partial charge in [0.25, 0.3) is 5.50 Å². The van der Waals surface area contributed by atoms with Crippen molar-refractivity contribution in [3.05, 3.63) is 51.0 Å². The highest BCUT2D eigenvalue weighted by atomic mass is 32.2. The molecule has 180 valence electrons. The second-order valence-electron chi connectivity index (χ2n) is 6.63. The second-order valence-corrected chi connectivity index (χ2v) is 8.71. The van der Waals surface area contributed by atoms with E-state index in [9.17, 15) is 28.1 Å². The molecular formula is C19H23N3O10S. The molecular weight excluding hydrogens is 462 g/mol. The molecule has 0 amide bonds. The smallest absolute Gasteiger partial charge is 0.364 e. The van der Waals surface area contributed by atoms with E-state index in [4.69, 9.17) is 19.0 Å². The highest BCUT2D eigenvalue weighted by molar-refractivity contribution is 7.91. The van der Waals surface area contributed by atoms with E-state index in [0.29, 0.717) is 10.6 Å². The molecule has 14 heteroatoms. The summed E-state index contributed by atoms with van der Waals surface area (Å²) in [7, 11) is -3.04. The quantitative estimate of drug-likeness (QED) is 0.280. The Morgan fingerprint density at radius 3 is 2.27 bits per heavy atom. The van der Waals surface area contributed by atoms with Crippen molar-refractivity contribution in [1.29, 1.82) is 0 Å². The minimum Gasteiger partial charge on any atom is -0.462 e. The molecule has 0 saturated carbocycles. The number of carbonyl (C=O) groups excluding carboxylic acids is 2. The highest BCUT2D eigenvalue weighted by Gasteiger charge is 2.47. The van der Waals surface area contributed by atoms with Gasteiger partial charge < -0.3 is 14.2 Å². The summed E-state index contributed by atoms with van der Waals surface area (Å²) in [6, 6.07) is 4.19.